The van der Waals surface area contributed by atoms with E-state index in [0.717, 1.165) is 10.9 Å². The molecule has 0 N–H and O–H groups in total. The highest BCUT2D eigenvalue weighted by Crippen LogP contribution is 2.39. The maximum Gasteiger partial charge on any atom is 0.343 e. The van der Waals surface area contributed by atoms with E-state index in [1.807, 2.05) is 30.3 Å². The van der Waals surface area contributed by atoms with Crippen molar-refractivity contribution in [2.45, 2.75) is 19.8 Å². The fourth-order valence-corrected chi connectivity index (χ4v) is 3.50. The molecule has 4 rings (SSSR count). The number of carbonyl (C=O) groups is 2. The summed E-state index contributed by atoms with van der Waals surface area (Å²) in [6.07, 6.45) is 0. The Hall–Kier alpha value is -3.92. The highest BCUT2D eigenvalue weighted by molar-refractivity contribution is 6.02. The Bertz CT molecular complexity index is 1170. The van der Waals surface area contributed by atoms with Gasteiger partial charge in [-0.05, 0) is 53.3 Å². The van der Waals surface area contributed by atoms with Gasteiger partial charge in [-0.2, -0.15) is 0 Å². The van der Waals surface area contributed by atoms with Crippen LogP contribution < -0.4 is 9.47 Å². The van der Waals surface area contributed by atoms with Crippen molar-refractivity contribution in [2.75, 3.05) is 0 Å². The molecule has 0 radical (unpaired) electrons. The second-order valence-corrected chi connectivity index (χ2v) is 7.50. The Morgan fingerprint density at radius 1 is 0.613 bits per heavy atom. The Morgan fingerprint density at radius 2 is 1.13 bits per heavy atom. The van der Waals surface area contributed by atoms with Crippen LogP contribution in [0.15, 0.2) is 91.0 Å². The molecule has 0 heterocycles. The maximum atomic E-state index is 12.7. The first kappa shape index (κ1) is 20.4. The molecule has 154 valence electrons. The zero-order chi connectivity index (χ0) is 21.8. The first-order valence-corrected chi connectivity index (χ1v) is 10.1. The summed E-state index contributed by atoms with van der Waals surface area (Å²) in [5.41, 5.74) is 1.97. The fourth-order valence-electron chi connectivity index (χ4n) is 3.50. The first-order valence-electron chi connectivity index (χ1n) is 10.1. The average Bonchev–Trinajstić information content (AvgIpc) is 2.80. The molecule has 0 bridgehead atoms. The van der Waals surface area contributed by atoms with Crippen LogP contribution in [0.4, 0.5) is 0 Å². The Morgan fingerprint density at radius 3 is 1.65 bits per heavy atom. The summed E-state index contributed by atoms with van der Waals surface area (Å²) in [5.74, 6) is 0.00245. The predicted molar refractivity (Wildman–Crippen MR) is 121 cm³/mol. The van der Waals surface area contributed by atoms with Crippen LogP contribution in [0.25, 0.3) is 10.8 Å². The predicted octanol–water partition coefficient (Wildman–Crippen LogP) is 6.40. The molecule has 4 heteroatoms. The normalized spacial score (nSPS) is 10.8. The molecule has 0 amide bonds. The van der Waals surface area contributed by atoms with Crippen molar-refractivity contribution in [1.82, 2.24) is 0 Å². The molecule has 0 aromatic heterocycles. The third-order valence-electron chi connectivity index (χ3n) is 5.04. The molecule has 0 saturated carbocycles. The summed E-state index contributed by atoms with van der Waals surface area (Å²) in [6.45, 7) is 4.18. The van der Waals surface area contributed by atoms with E-state index in [0.29, 0.717) is 28.0 Å². The van der Waals surface area contributed by atoms with Crippen LogP contribution in [0.5, 0.6) is 11.5 Å². The standard InChI is InChI=1S/C27H22O4/c1-18(2)21-16-17-24(31-27(29)20-12-7-4-8-13-20)25-22(21)14-9-15-23(25)30-26(28)19-10-5-3-6-11-19/h3-18H,1-2H3. The number of fused-ring (bicyclic) bond motifs is 1. The SMILES string of the molecule is CC(C)c1ccc(OC(=O)c2ccccc2)c2c(OC(=O)c3ccccc3)cccc12. The summed E-state index contributed by atoms with van der Waals surface area (Å²) < 4.78 is 11.5. The van der Waals surface area contributed by atoms with Crippen molar-refractivity contribution in [3.63, 3.8) is 0 Å². The van der Waals surface area contributed by atoms with E-state index < -0.39 is 11.9 Å². The second-order valence-electron chi connectivity index (χ2n) is 7.50. The molecule has 0 aliphatic rings. The molecule has 4 aromatic carbocycles. The minimum Gasteiger partial charge on any atom is -0.422 e. The summed E-state index contributed by atoms with van der Waals surface area (Å²) >= 11 is 0. The zero-order valence-corrected chi connectivity index (χ0v) is 17.4. The van der Waals surface area contributed by atoms with Gasteiger partial charge in [0, 0.05) is 0 Å². The maximum absolute atomic E-state index is 12.7. The molecule has 0 fully saturated rings. The summed E-state index contributed by atoms with van der Waals surface area (Å²) in [5, 5.41) is 1.48. The molecule has 0 aliphatic carbocycles. The highest BCUT2D eigenvalue weighted by atomic mass is 16.5. The minimum atomic E-state index is -0.469. The molecular weight excluding hydrogens is 388 g/mol. The average molecular weight is 410 g/mol. The van der Waals surface area contributed by atoms with E-state index in [2.05, 4.69) is 13.8 Å². The van der Waals surface area contributed by atoms with Gasteiger partial charge in [-0.15, -0.1) is 0 Å². The fraction of sp³-hybridized carbons (Fsp3) is 0.111. The largest absolute Gasteiger partial charge is 0.422 e. The molecule has 0 spiro atoms. The van der Waals surface area contributed by atoms with Crippen LogP contribution in [-0.2, 0) is 0 Å². The number of hydrogen-bond donors (Lipinski definition) is 0. The lowest BCUT2D eigenvalue weighted by Crippen LogP contribution is -2.11. The van der Waals surface area contributed by atoms with Crippen molar-refractivity contribution in [1.29, 1.82) is 0 Å². The van der Waals surface area contributed by atoms with Gasteiger partial charge in [-0.25, -0.2) is 9.59 Å². The van der Waals surface area contributed by atoms with Crippen LogP contribution in [0.1, 0.15) is 46.0 Å². The van der Waals surface area contributed by atoms with Crippen LogP contribution in [0, 0.1) is 0 Å². The summed E-state index contributed by atoms with van der Waals surface area (Å²) in [6, 6.07) is 26.8. The van der Waals surface area contributed by atoms with Crippen LogP contribution >= 0.6 is 0 Å². The van der Waals surface area contributed by atoms with E-state index in [4.69, 9.17) is 9.47 Å². The van der Waals surface area contributed by atoms with Gasteiger partial charge in [-0.3, -0.25) is 0 Å². The molecule has 4 nitrogen and oxygen atoms in total. The van der Waals surface area contributed by atoms with E-state index >= 15 is 0 Å². The lowest BCUT2D eigenvalue weighted by atomic mass is 9.95. The first-order chi connectivity index (χ1) is 15.0. The highest BCUT2D eigenvalue weighted by Gasteiger charge is 2.19. The van der Waals surface area contributed by atoms with E-state index in [1.165, 1.54) is 0 Å². The summed E-state index contributed by atoms with van der Waals surface area (Å²) in [7, 11) is 0. The topological polar surface area (TPSA) is 52.6 Å². The van der Waals surface area contributed by atoms with Gasteiger partial charge >= 0.3 is 11.9 Å². The zero-order valence-electron chi connectivity index (χ0n) is 17.4. The monoisotopic (exact) mass is 410 g/mol. The lowest BCUT2D eigenvalue weighted by Gasteiger charge is -2.16. The van der Waals surface area contributed by atoms with Crippen LogP contribution in [-0.4, -0.2) is 11.9 Å². The number of hydrogen-bond acceptors (Lipinski definition) is 4. The molecule has 0 atom stereocenters. The molecule has 0 unspecified atom stereocenters. The molecule has 4 aromatic rings. The van der Waals surface area contributed by atoms with Gasteiger partial charge in [0.05, 0.1) is 16.5 Å². The molecule has 0 saturated heterocycles. The Kier molecular flexibility index (Phi) is 5.80. The number of carbonyl (C=O) groups excluding carboxylic acids is 2. The van der Waals surface area contributed by atoms with Crippen molar-refractivity contribution >= 4 is 22.7 Å². The smallest absolute Gasteiger partial charge is 0.343 e. The number of ether oxygens (including phenoxy) is 2. The van der Waals surface area contributed by atoms with Crippen molar-refractivity contribution in [3.05, 3.63) is 108 Å². The lowest BCUT2D eigenvalue weighted by molar-refractivity contribution is 0.0736. The van der Waals surface area contributed by atoms with Crippen LogP contribution in [0.3, 0.4) is 0 Å². The van der Waals surface area contributed by atoms with Gasteiger partial charge < -0.3 is 9.47 Å². The van der Waals surface area contributed by atoms with Crippen molar-refractivity contribution in [3.8, 4) is 11.5 Å². The quantitative estimate of drug-likeness (QED) is 0.282. The van der Waals surface area contributed by atoms with Crippen molar-refractivity contribution in [2.24, 2.45) is 0 Å². The minimum absolute atomic E-state index is 0.237. The number of esters is 2. The molecule has 31 heavy (non-hydrogen) atoms. The third kappa shape index (κ3) is 4.33. The van der Waals surface area contributed by atoms with Crippen molar-refractivity contribution < 1.29 is 19.1 Å². The van der Waals surface area contributed by atoms with E-state index in [-0.39, 0.29) is 5.92 Å². The van der Waals surface area contributed by atoms with Gasteiger partial charge in [0.25, 0.3) is 0 Å². The number of benzene rings is 4. The van der Waals surface area contributed by atoms with E-state index in [1.54, 1.807) is 60.7 Å². The second kappa shape index (κ2) is 8.84. The number of rotatable bonds is 5. The third-order valence-corrected chi connectivity index (χ3v) is 5.04. The summed E-state index contributed by atoms with van der Waals surface area (Å²) in [4.78, 5) is 25.4. The molecule has 0 aliphatic heterocycles. The Balaban J connectivity index is 1.79. The van der Waals surface area contributed by atoms with E-state index in [9.17, 15) is 9.59 Å². The Labute approximate surface area is 181 Å². The van der Waals surface area contributed by atoms with Gasteiger partial charge in [-0.1, -0.05) is 68.4 Å². The van der Waals surface area contributed by atoms with Crippen LogP contribution in [0.2, 0.25) is 0 Å². The van der Waals surface area contributed by atoms with Gasteiger partial charge in [0.2, 0.25) is 0 Å². The molecular formula is C27H22O4. The van der Waals surface area contributed by atoms with Gasteiger partial charge in [0.1, 0.15) is 11.5 Å². The van der Waals surface area contributed by atoms with Gasteiger partial charge in [0.15, 0.2) is 0 Å².